The van der Waals surface area contributed by atoms with E-state index >= 15 is 0 Å². The molecule has 5 heteroatoms. The molecule has 0 unspecified atom stereocenters. The van der Waals surface area contributed by atoms with Gasteiger partial charge in [-0.1, -0.05) is 4.86 Å². The van der Waals surface area contributed by atoms with Crippen LogP contribution in [0.1, 0.15) is 11.1 Å². The van der Waals surface area contributed by atoms with E-state index in [1.807, 2.05) is 13.8 Å². The minimum absolute atomic E-state index is 0.446. The van der Waals surface area contributed by atoms with Gasteiger partial charge in [-0.15, -0.1) is 0 Å². The van der Waals surface area contributed by atoms with Gasteiger partial charge in [-0.05, 0) is 49.2 Å². The molecule has 0 radical (unpaired) electrons. The van der Waals surface area contributed by atoms with Gasteiger partial charge in [0.25, 0.3) is 0 Å². The Morgan fingerprint density at radius 3 is 2.11 bits per heavy atom. The number of hydrogen-bond donors (Lipinski definition) is 2. The smallest absolute Gasteiger partial charge is 0.245 e. The Morgan fingerprint density at radius 1 is 0.947 bits per heavy atom. The van der Waals surface area contributed by atoms with Crippen LogP contribution in [-0.2, 0) is 0 Å². The Balaban J connectivity index is 2.36. The topological polar surface area (TPSA) is 90.5 Å². The van der Waals surface area contributed by atoms with Gasteiger partial charge >= 0.3 is 0 Å². The van der Waals surface area contributed by atoms with Crippen molar-refractivity contribution in [3.05, 3.63) is 52.7 Å². The zero-order valence-corrected chi connectivity index (χ0v) is 10.9. The third-order valence-corrected chi connectivity index (χ3v) is 2.93. The van der Waals surface area contributed by atoms with Crippen molar-refractivity contribution in [2.45, 2.75) is 13.8 Å². The van der Waals surface area contributed by atoms with Crippen LogP contribution < -0.4 is 11.5 Å². The third-order valence-electron chi connectivity index (χ3n) is 2.93. The van der Waals surface area contributed by atoms with Crippen LogP contribution in [0.5, 0.6) is 0 Å². The van der Waals surface area contributed by atoms with E-state index in [9.17, 15) is 5.21 Å². The number of nitrogens with two attached hydrogens (primary N) is 2. The maximum atomic E-state index is 12.0. The van der Waals surface area contributed by atoms with Gasteiger partial charge in [0.2, 0.25) is 5.69 Å². The van der Waals surface area contributed by atoms with Crippen molar-refractivity contribution in [1.82, 2.24) is 0 Å². The Hall–Kier alpha value is -2.56. The second kappa shape index (κ2) is 4.97. The quantitative estimate of drug-likeness (QED) is 0.373. The normalized spacial score (nSPS) is 11.6. The molecule has 0 saturated heterocycles. The Morgan fingerprint density at radius 2 is 1.53 bits per heavy atom. The van der Waals surface area contributed by atoms with Gasteiger partial charge in [-0.3, -0.25) is 0 Å². The molecule has 0 aliphatic heterocycles. The molecule has 0 amide bonds. The summed E-state index contributed by atoms with van der Waals surface area (Å²) in [5, 5.41) is 15.9. The highest BCUT2D eigenvalue weighted by molar-refractivity contribution is 5.54. The van der Waals surface area contributed by atoms with E-state index in [2.05, 4.69) is 5.11 Å². The van der Waals surface area contributed by atoms with Crippen LogP contribution in [0.3, 0.4) is 0 Å². The molecule has 0 aliphatic carbocycles. The van der Waals surface area contributed by atoms with Crippen molar-refractivity contribution in [2.24, 2.45) is 5.11 Å². The van der Waals surface area contributed by atoms with Crippen LogP contribution >= 0.6 is 0 Å². The van der Waals surface area contributed by atoms with Gasteiger partial charge in [0.15, 0.2) is 0 Å². The summed E-state index contributed by atoms with van der Waals surface area (Å²) in [6, 6.07) is 10.2. The van der Waals surface area contributed by atoms with Crippen LogP contribution in [0.25, 0.3) is 0 Å². The minimum Gasteiger partial charge on any atom is -0.594 e. The second-order valence-corrected chi connectivity index (χ2v) is 4.45. The lowest BCUT2D eigenvalue weighted by Gasteiger charge is -2.04. The maximum Gasteiger partial charge on any atom is 0.245 e. The molecule has 2 aromatic carbocycles. The number of nitrogen functional groups attached to an aromatic ring is 2. The molecule has 98 valence electrons. The largest absolute Gasteiger partial charge is 0.594 e. The maximum absolute atomic E-state index is 12.0. The van der Waals surface area contributed by atoms with Crippen LogP contribution in [0, 0.1) is 19.1 Å². The number of rotatable bonds is 2. The number of benzene rings is 2. The summed E-state index contributed by atoms with van der Waals surface area (Å²) in [6.07, 6.45) is 0. The zero-order chi connectivity index (χ0) is 14.0. The highest BCUT2D eigenvalue weighted by atomic mass is 16.5. The predicted molar refractivity (Wildman–Crippen MR) is 76.6 cm³/mol. The molecular weight excluding hydrogens is 240 g/mol. The Kier molecular flexibility index (Phi) is 3.37. The fraction of sp³-hybridized carbons (Fsp3) is 0.143. The van der Waals surface area contributed by atoms with E-state index in [1.165, 1.54) is 0 Å². The Labute approximate surface area is 111 Å². The molecule has 0 bridgehead atoms. The molecular formula is C14H16N4O. The number of anilines is 2. The number of aryl methyl sites for hydroxylation is 2. The highest BCUT2D eigenvalue weighted by Gasteiger charge is 2.06. The number of azo groups is 1. The first-order valence-electron chi connectivity index (χ1n) is 5.88. The first-order chi connectivity index (χ1) is 8.97. The van der Waals surface area contributed by atoms with E-state index in [4.69, 9.17) is 11.5 Å². The second-order valence-electron chi connectivity index (χ2n) is 4.45. The summed E-state index contributed by atoms with van der Waals surface area (Å²) in [7, 11) is 0. The molecule has 19 heavy (non-hydrogen) atoms. The SMILES string of the molecule is Cc1cc(N=[N+]([O-])c2ccc(N)c(C)c2)ccc1N. The summed E-state index contributed by atoms with van der Waals surface area (Å²) in [5.74, 6) is 0. The lowest BCUT2D eigenvalue weighted by atomic mass is 10.2. The van der Waals surface area contributed by atoms with Crippen LogP contribution in [-0.4, -0.2) is 4.86 Å². The number of nitrogens with zero attached hydrogens (tertiary/aromatic N) is 2. The lowest BCUT2D eigenvalue weighted by Crippen LogP contribution is -1.94. The fourth-order valence-electron chi connectivity index (χ4n) is 1.66. The van der Waals surface area contributed by atoms with Gasteiger partial charge < -0.3 is 16.7 Å². The lowest BCUT2D eigenvalue weighted by molar-refractivity contribution is -0.435. The van der Waals surface area contributed by atoms with E-state index in [0.717, 1.165) is 11.1 Å². The number of hydrogen-bond acceptors (Lipinski definition) is 4. The third kappa shape index (κ3) is 2.82. The molecule has 0 aliphatic rings. The van der Waals surface area contributed by atoms with Crippen molar-refractivity contribution < 1.29 is 4.86 Å². The molecule has 0 aromatic heterocycles. The summed E-state index contributed by atoms with van der Waals surface area (Å²) in [4.78, 5) is 0.581. The summed E-state index contributed by atoms with van der Waals surface area (Å²) in [6.45, 7) is 3.72. The first-order valence-corrected chi connectivity index (χ1v) is 5.88. The van der Waals surface area contributed by atoms with E-state index in [0.29, 0.717) is 27.6 Å². The van der Waals surface area contributed by atoms with Gasteiger partial charge in [-0.2, -0.15) is 0 Å². The summed E-state index contributed by atoms with van der Waals surface area (Å²) >= 11 is 0. The molecule has 0 atom stereocenters. The van der Waals surface area contributed by atoms with Crippen molar-refractivity contribution in [1.29, 1.82) is 0 Å². The van der Waals surface area contributed by atoms with Gasteiger partial charge in [0, 0.05) is 28.6 Å². The molecule has 0 heterocycles. The standard InChI is InChI=1S/C14H16N4O/c1-9-7-11(3-5-13(9)15)17-18(19)12-4-6-14(16)10(2)8-12/h3-8H,15-16H2,1-2H3. The van der Waals surface area contributed by atoms with Crippen LogP contribution in [0.2, 0.25) is 0 Å². The predicted octanol–water partition coefficient (Wildman–Crippen LogP) is 3.39. The zero-order valence-electron chi connectivity index (χ0n) is 10.9. The minimum atomic E-state index is 0.446. The highest BCUT2D eigenvalue weighted by Crippen LogP contribution is 2.23. The molecule has 0 saturated carbocycles. The summed E-state index contributed by atoms with van der Waals surface area (Å²) in [5.41, 5.74) is 15.5. The molecule has 2 rings (SSSR count). The van der Waals surface area contributed by atoms with Crippen LogP contribution in [0.15, 0.2) is 41.5 Å². The average Bonchev–Trinajstić information content (AvgIpc) is 2.37. The van der Waals surface area contributed by atoms with Crippen LogP contribution in [0.4, 0.5) is 22.7 Å². The van der Waals surface area contributed by atoms with Gasteiger partial charge in [0.05, 0.1) is 0 Å². The van der Waals surface area contributed by atoms with Gasteiger partial charge in [-0.25, -0.2) is 0 Å². The Bertz CT molecular complexity index is 650. The molecule has 4 N–H and O–H groups in total. The van der Waals surface area contributed by atoms with E-state index in [-0.39, 0.29) is 0 Å². The van der Waals surface area contributed by atoms with Gasteiger partial charge in [0.1, 0.15) is 5.69 Å². The average molecular weight is 256 g/mol. The molecule has 0 fully saturated rings. The van der Waals surface area contributed by atoms with E-state index < -0.39 is 0 Å². The monoisotopic (exact) mass is 256 g/mol. The molecule has 5 nitrogen and oxygen atoms in total. The molecule has 0 spiro atoms. The van der Waals surface area contributed by atoms with E-state index in [1.54, 1.807) is 36.4 Å². The fourth-order valence-corrected chi connectivity index (χ4v) is 1.66. The first kappa shape index (κ1) is 12.9. The van der Waals surface area contributed by atoms with Crippen molar-refractivity contribution in [3.8, 4) is 0 Å². The summed E-state index contributed by atoms with van der Waals surface area (Å²) < 4.78 is 0. The molecule has 2 aromatic rings. The van der Waals surface area contributed by atoms with Crippen molar-refractivity contribution in [2.75, 3.05) is 11.5 Å². The van der Waals surface area contributed by atoms with Crippen molar-refractivity contribution >= 4 is 22.7 Å². The van der Waals surface area contributed by atoms with Crippen molar-refractivity contribution in [3.63, 3.8) is 0 Å².